The van der Waals surface area contributed by atoms with E-state index in [1.54, 1.807) is 0 Å². The van der Waals surface area contributed by atoms with Crippen molar-refractivity contribution >= 4 is 17.3 Å². The average molecular weight is 251 g/mol. The van der Waals surface area contributed by atoms with Gasteiger partial charge in [0.05, 0.1) is 0 Å². The molecule has 0 unspecified atom stereocenters. The molecule has 5 heteroatoms. The first-order chi connectivity index (χ1) is 9.31. The minimum atomic E-state index is 0.531. The number of aromatic amines is 1. The summed E-state index contributed by atoms with van der Waals surface area (Å²) in [6.45, 7) is 0. The molecule has 2 aromatic carbocycles. The molecule has 4 N–H and O–H groups in total. The number of nitrogens with zero attached hydrogens (tertiary/aromatic N) is 2. The fourth-order valence-electron chi connectivity index (χ4n) is 1.74. The third-order valence-electron chi connectivity index (χ3n) is 2.70. The highest BCUT2D eigenvalue weighted by atomic mass is 15.3. The molecule has 0 radical (unpaired) electrons. The molecule has 94 valence electrons. The summed E-state index contributed by atoms with van der Waals surface area (Å²) in [5.41, 5.74) is 8.26. The molecule has 0 saturated heterocycles. The van der Waals surface area contributed by atoms with Gasteiger partial charge >= 0.3 is 0 Å². The standard InChI is InChI=1S/C14H13N5/c15-11-6-8-12(9-7-11)16-14-17-13(18-19-14)10-4-2-1-3-5-10/h1-9H,15H2,(H2,16,17,18,19). The van der Waals surface area contributed by atoms with E-state index >= 15 is 0 Å². The van der Waals surface area contributed by atoms with Crippen molar-refractivity contribution < 1.29 is 0 Å². The molecular weight excluding hydrogens is 238 g/mol. The van der Waals surface area contributed by atoms with Crippen molar-refractivity contribution in [2.75, 3.05) is 11.1 Å². The Morgan fingerprint density at radius 1 is 0.947 bits per heavy atom. The van der Waals surface area contributed by atoms with Gasteiger partial charge in [0.1, 0.15) is 0 Å². The molecule has 3 aromatic rings. The first kappa shape index (κ1) is 11.3. The fourth-order valence-corrected chi connectivity index (χ4v) is 1.74. The Bertz CT molecular complexity index is 658. The second kappa shape index (κ2) is 4.81. The molecule has 3 rings (SSSR count). The van der Waals surface area contributed by atoms with E-state index in [4.69, 9.17) is 5.73 Å². The number of anilines is 3. The monoisotopic (exact) mass is 251 g/mol. The van der Waals surface area contributed by atoms with Gasteiger partial charge in [-0.1, -0.05) is 30.3 Å². The summed E-state index contributed by atoms with van der Waals surface area (Å²) in [6, 6.07) is 17.3. The zero-order valence-corrected chi connectivity index (χ0v) is 10.2. The lowest BCUT2D eigenvalue weighted by molar-refractivity contribution is 1.10. The number of H-pyrrole nitrogens is 1. The molecule has 0 atom stereocenters. The van der Waals surface area contributed by atoms with Crippen LogP contribution in [0.25, 0.3) is 11.4 Å². The Kier molecular flexibility index (Phi) is 2.86. The van der Waals surface area contributed by atoms with E-state index in [-0.39, 0.29) is 0 Å². The van der Waals surface area contributed by atoms with Gasteiger partial charge in [-0.2, -0.15) is 4.98 Å². The Morgan fingerprint density at radius 3 is 2.42 bits per heavy atom. The quantitative estimate of drug-likeness (QED) is 0.625. The lowest BCUT2D eigenvalue weighted by atomic mass is 10.2. The van der Waals surface area contributed by atoms with Crippen molar-refractivity contribution in [2.24, 2.45) is 0 Å². The number of nitrogens with two attached hydrogens (primary N) is 1. The zero-order valence-electron chi connectivity index (χ0n) is 10.2. The molecule has 0 saturated carbocycles. The summed E-state index contributed by atoms with van der Waals surface area (Å²) in [5.74, 6) is 1.27. The first-order valence-corrected chi connectivity index (χ1v) is 5.92. The number of benzene rings is 2. The van der Waals surface area contributed by atoms with Crippen molar-refractivity contribution in [1.82, 2.24) is 15.2 Å². The molecule has 0 bridgehead atoms. The maximum absolute atomic E-state index is 5.63. The van der Waals surface area contributed by atoms with Crippen molar-refractivity contribution in [2.45, 2.75) is 0 Å². The van der Waals surface area contributed by atoms with Crippen LogP contribution in [-0.2, 0) is 0 Å². The number of nitrogen functional groups attached to an aromatic ring is 1. The summed E-state index contributed by atoms with van der Waals surface area (Å²) in [5, 5.41) is 10.1. The highest BCUT2D eigenvalue weighted by Crippen LogP contribution is 2.18. The van der Waals surface area contributed by atoms with Gasteiger partial charge in [-0.3, -0.25) is 5.10 Å². The van der Waals surface area contributed by atoms with Crippen molar-refractivity contribution in [3.05, 3.63) is 54.6 Å². The largest absolute Gasteiger partial charge is 0.399 e. The summed E-state index contributed by atoms with van der Waals surface area (Å²) in [7, 11) is 0. The molecule has 0 spiro atoms. The molecule has 5 nitrogen and oxygen atoms in total. The second-order valence-corrected chi connectivity index (χ2v) is 4.12. The molecule has 0 aliphatic heterocycles. The predicted octanol–water partition coefficient (Wildman–Crippen LogP) is 2.80. The van der Waals surface area contributed by atoms with Crippen LogP contribution in [0.5, 0.6) is 0 Å². The smallest absolute Gasteiger partial charge is 0.246 e. The minimum Gasteiger partial charge on any atom is -0.399 e. The van der Waals surface area contributed by atoms with Crippen LogP contribution >= 0.6 is 0 Å². The van der Waals surface area contributed by atoms with Gasteiger partial charge in [0.25, 0.3) is 0 Å². The van der Waals surface area contributed by atoms with Gasteiger partial charge in [0.2, 0.25) is 5.95 Å². The molecule has 0 amide bonds. The van der Waals surface area contributed by atoms with Gasteiger partial charge in [0, 0.05) is 16.9 Å². The highest BCUT2D eigenvalue weighted by Gasteiger charge is 2.04. The van der Waals surface area contributed by atoms with E-state index in [0.717, 1.165) is 22.8 Å². The highest BCUT2D eigenvalue weighted by molar-refractivity contribution is 5.60. The number of rotatable bonds is 3. The van der Waals surface area contributed by atoms with Crippen LogP contribution in [0.3, 0.4) is 0 Å². The van der Waals surface area contributed by atoms with Gasteiger partial charge in [0.15, 0.2) is 5.82 Å². The third kappa shape index (κ3) is 2.55. The first-order valence-electron chi connectivity index (χ1n) is 5.92. The zero-order chi connectivity index (χ0) is 13.1. The number of aromatic nitrogens is 3. The Balaban J connectivity index is 1.80. The van der Waals surface area contributed by atoms with E-state index < -0.39 is 0 Å². The molecule has 0 fully saturated rings. The van der Waals surface area contributed by atoms with Crippen molar-refractivity contribution in [1.29, 1.82) is 0 Å². The molecular formula is C14H13N5. The Hall–Kier alpha value is -2.82. The topological polar surface area (TPSA) is 79.6 Å². The van der Waals surface area contributed by atoms with Gasteiger partial charge in [-0.05, 0) is 24.3 Å². The minimum absolute atomic E-state index is 0.531. The Morgan fingerprint density at radius 2 is 1.68 bits per heavy atom. The Labute approximate surface area is 110 Å². The third-order valence-corrected chi connectivity index (χ3v) is 2.70. The fraction of sp³-hybridized carbons (Fsp3) is 0. The van der Waals surface area contributed by atoms with Crippen molar-refractivity contribution in [3.8, 4) is 11.4 Å². The lowest BCUT2D eigenvalue weighted by Gasteiger charge is -2.01. The average Bonchev–Trinajstić information content (AvgIpc) is 2.91. The van der Waals surface area contributed by atoms with Crippen LogP contribution in [-0.4, -0.2) is 15.2 Å². The lowest BCUT2D eigenvalue weighted by Crippen LogP contribution is -1.93. The summed E-state index contributed by atoms with van der Waals surface area (Å²) in [6.07, 6.45) is 0. The number of nitrogens with one attached hydrogen (secondary N) is 2. The summed E-state index contributed by atoms with van der Waals surface area (Å²) in [4.78, 5) is 4.39. The summed E-state index contributed by atoms with van der Waals surface area (Å²) >= 11 is 0. The van der Waals surface area contributed by atoms with Crippen LogP contribution in [0.15, 0.2) is 54.6 Å². The van der Waals surface area contributed by atoms with Crippen molar-refractivity contribution in [3.63, 3.8) is 0 Å². The molecule has 0 aliphatic carbocycles. The van der Waals surface area contributed by atoms with Gasteiger partial charge in [-0.25, -0.2) is 0 Å². The molecule has 1 aromatic heterocycles. The van der Waals surface area contributed by atoms with E-state index in [1.807, 2.05) is 54.6 Å². The van der Waals surface area contributed by atoms with Crippen LogP contribution < -0.4 is 11.1 Å². The molecule has 19 heavy (non-hydrogen) atoms. The second-order valence-electron chi connectivity index (χ2n) is 4.12. The molecule has 1 heterocycles. The van der Waals surface area contributed by atoms with E-state index in [0.29, 0.717) is 5.95 Å². The molecule has 0 aliphatic rings. The number of hydrogen-bond donors (Lipinski definition) is 3. The normalized spacial score (nSPS) is 10.3. The van der Waals surface area contributed by atoms with E-state index in [9.17, 15) is 0 Å². The maximum Gasteiger partial charge on any atom is 0.246 e. The van der Waals surface area contributed by atoms with Gasteiger partial charge in [-0.15, -0.1) is 5.10 Å². The van der Waals surface area contributed by atoms with Crippen LogP contribution in [0.1, 0.15) is 0 Å². The van der Waals surface area contributed by atoms with Crippen LogP contribution in [0.4, 0.5) is 17.3 Å². The van der Waals surface area contributed by atoms with Crippen LogP contribution in [0.2, 0.25) is 0 Å². The number of hydrogen-bond acceptors (Lipinski definition) is 4. The summed E-state index contributed by atoms with van der Waals surface area (Å²) < 4.78 is 0. The predicted molar refractivity (Wildman–Crippen MR) is 76.0 cm³/mol. The van der Waals surface area contributed by atoms with E-state index in [2.05, 4.69) is 20.5 Å². The van der Waals surface area contributed by atoms with Gasteiger partial charge < -0.3 is 11.1 Å². The van der Waals surface area contributed by atoms with Crippen LogP contribution in [0, 0.1) is 0 Å². The maximum atomic E-state index is 5.63. The van der Waals surface area contributed by atoms with E-state index in [1.165, 1.54) is 0 Å². The SMILES string of the molecule is Nc1ccc(Nc2n[nH]c(-c3ccccc3)n2)cc1.